The molecule has 0 saturated heterocycles. The van der Waals surface area contributed by atoms with E-state index in [9.17, 15) is 8.42 Å². The lowest BCUT2D eigenvalue weighted by Gasteiger charge is -2.12. The van der Waals surface area contributed by atoms with Gasteiger partial charge in [0.05, 0.1) is 18.5 Å². The number of hydrogen-bond acceptors (Lipinski definition) is 6. The molecule has 1 aromatic carbocycles. The Morgan fingerprint density at radius 1 is 1.14 bits per heavy atom. The van der Waals surface area contributed by atoms with E-state index in [0.29, 0.717) is 23.7 Å². The molecule has 0 aliphatic carbocycles. The molecule has 0 bridgehead atoms. The largest absolute Gasteiger partial charge is 0.378 e. The first-order chi connectivity index (χ1) is 13.4. The molecule has 3 aromatic heterocycles. The van der Waals surface area contributed by atoms with Gasteiger partial charge in [0, 0.05) is 36.9 Å². The van der Waals surface area contributed by atoms with Gasteiger partial charge in [0.25, 0.3) is 0 Å². The molecule has 9 nitrogen and oxygen atoms in total. The zero-order chi connectivity index (χ0) is 19.7. The standard InChI is InChI=1S/C18H19N7O2S/c1-25-7-6-19-16(25)11-21-13-8-12(9-14(10-13)24-28(2,26)27)17-22-15-4-3-5-20-18(15)23-17/h3-10,21,24H,11H2,1-2H3,(H,20,22,23). The van der Waals surface area contributed by atoms with Crippen molar-refractivity contribution in [1.82, 2.24) is 24.5 Å². The summed E-state index contributed by atoms with van der Waals surface area (Å²) < 4.78 is 27.9. The monoisotopic (exact) mass is 397 g/mol. The number of anilines is 2. The third kappa shape index (κ3) is 3.96. The van der Waals surface area contributed by atoms with Gasteiger partial charge >= 0.3 is 0 Å². The zero-order valence-electron chi connectivity index (χ0n) is 15.3. The lowest BCUT2D eigenvalue weighted by molar-refractivity contribution is 0.607. The third-order valence-electron chi connectivity index (χ3n) is 4.14. The summed E-state index contributed by atoms with van der Waals surface area (Å²) in [7, 11) is -1.50. The van der Waals surface area contributed by atoms with E-state index < -0.39 is 10.0 Å². The molecule has 0 fully saturated rings. The van der Waals surface area contributed by atoms with Crippen LogP contribution in [0.4, 0.5) is 11.4 Å². The minimum atomic E-state index is -3.42. The number of aryl methyl sites for hydroxylation is 1. The number of H-pyrrole nitrogens is 1. The fourth-order valence-electron chi connectivity index (χ4n) is 2.87. The van der Waals surface area contributed by atoms with Crippen LogP contribution in [0, 0.1) is 0 Å². The number of sulfonamides is 1. The van der Waals surface area contributed by atoms with Crippen molar-refractivity contribution in [2.75, 3.05) is 16.3 Å². The van der Waals surface area contributed by atoms with Gasteiger partial charge in [-0.1, -0.05) is 0 Å². The molecule has 4 aromatic rings. The topological polar surface area (TPSA) is 118 Å². The Labute approximate surface area is 161 Å². The number of aromatic amines is 1. The highest BCUT2D eigenvalue weighted by Crippen LogP contribution is 2.27. The van der Waals surface area contributed by atoms with Crippen molar-refractivity contribution >= 4 is 32.6 Å². The summed E-state index contributed by atoms with van der Waals surface area (Å²) in [6.07, 6.45) is 6.40. The molecule has 0 spiro atoms. The molecular weight excluding hydrogens is 378 g/mol. The van der Waals surface area contributed by atoms with E-state index in [-0.39, 0.29) is 0 Å². The van der Waals surface area contributed by atoms with Crippen molar-refractivity contribution in [3.63, 3.8) is 0 Å². The van der Waals surface area contributed by atoms with Gasteiger partial charge in [0.2, 0.25) is 10.0 Å². The minimum Gasteiger partial charge on any atom is -0.378 e. The first-order valence-electron chi connectivity index (χ1n) is 8.51. The second-order valence-corrected chi connectivity index (χ2v) is 8.19. The van der Waals surface area contributed by atoms with Crippen molar-refractivity contribution < 1.29 is 8.42 Å². The number of pyridine rings is 1. The Morgan fingerprint density at radius 2 is 1.96 bits per heavy atom. The maximum atomic E-state index is 11.7. The van der Waals surface area contributed by atoms with Crippen LogP contribution in [0.15, 0.2) is 48.9 Å². The maximum absolute atomic E-state index is 11.7. The highest BCUT2D eigenvalue weighted by atomic mass is 32.2. The molecule has 144 valence electrons. The predicted octanol–water partition coefficient (Wildman–Crippen LogP) is 2.34. The van der Waals surface area contributed by atoms with Gasteiger partial charge in [-0.05, 0) is 30.3 Å². The minimum absolute atomic E-state index is 0.441. The summed E-state index contributed by atoms with van der Waals surface area (Å²) in [5, 5.41) is 3.28. The SMILES string of the molecule is Cn1ccnc1CNc1cc(NS(C)(=O)=O)cc(-c2nc3cccnc3[nH]2)c1. The summed E-state index contributed by atoms with van der Waals surface area (Å²) in [6.45, 7) is 0.493. The van der Waals surface area contributed by atoms with Gasteiger partial charge in [0.15, 0.2) is 5.65 Å². The van der Waals surface area contributed by atoms with Crippen LogP contribution in [0.5, 0.6) is 0 Å². The van der Waals surface area contributed by atoms with Crippen molar-refractivity contribution in [2.24, 2.45) is 7.05 Å². The predicted molar refractivity (Wildman–Crippen MR) is 108 cm³/mol. The second kappa shape index (κ2) is 6.97. The van der Waals surface area contributed by atoms with Crippen LogP contribution in [-0.2, 0) is 23.6 Å². The van der Waals surface area contributed by atoms with E-state index in [2.05, 4.69) is 30.0 Å². The lowest BCUT2D eigenvalue weighted by Crippen LogP contribution is -2.10. The van der Waals surface area contributed by atoms with Gasteiger partial charge in [-0.15, -0.1) is 0 Å². The van der Waals surface area contributed by atoms with E-state index in [1.54, 1.807) is 24.5 Å². The van der Waals surface area contributed by atoms with Gasteiger partial charge in [0.1, 0.15) is 17.2 Å². The second-order valence-electron chi connectivity index (χ2n) is 6.44. The number of aromatic nitrogens is 5. The number of fused-ring (bicyclic) bond motifs is 1. The molecule has 3 N–H and O–H groups in total. The van der Waals surface area contributed by atoms with E-state index in [1.165, 1.54) is 0 Å². The fraction of sp³-hybridized carbons (Fsp3) is 0.167. The van der Waals surface area contributed by atoms with Crippen molar-refractivity contribution in [2.45, 2.75) is 6.54 Å². The molecule has 0 atom stereocenters. The maximum Gasteiger partial charge on any atom is 0.229 e. The van der Waals surface area contributed by atoms with Gasteiger partial charge < -0.3 is 14.9 Å². The molecule has 0 aliphatic heterocycles. The Balaban J connectivity index is 1.71. The van der Waals surface area contributed by atoms with Crippen molar-refractivity contribution in [1.29, 1.82) is 0 Å². The molecule has 28 heavy (non-hydrogen) atoms. The molecule has 10 heteroatoms. The van der Waals surface area contributed by atoms with E-state index in [4.69, 9.17) is 0 Å². The molecular formula is C18H19N7O2S. The molecule has 0 radical (unpaired) electrons. The Bertz CT molecular complexity index is 1210. The van der Waals surface area contributed by atoms with E-state index in [1.807, 2.05) is 36.0 Å². The van der Waals surface area contributed by atoms with Crippen molar-refractivity contribution in [3.8, 4) is 11.4 Å². The third-order valence-corrected chi connectivity index (χ3v) is 4.74. The molecule has 0 amide bonds. The number of rotatable bonds is 6. The van der Waals surface area contributed by atoms with Crippen LogP contribution in [0.25, 0.3) is 22.6 Å². The van der Waals surface area contributed by atoms with E-state index in [0.717, 1.165) is 28.8 Å². The number of benzene rings is 1. The van der Waals surface area contributed by atoms with Gasteiger partial charge in [-0.2, -0.15) is 0 Å². The number of nitrogens with one attached hydrogen (secondary N) is 3. The molecule has 4 rings (SSSR count). The smallest absolute Gasteiger partial charge is 0.229 e. The van der Waals surface area contributed by atoms with Crippen LogP contribution in [0.3, 0.4) is 0 Å². The van der Waals surface area contributed by atoms with Gasteiger partial charge in [-0.25, -0.2) is 23.4 Å². The summed E-state index contributed by atoms with van der Waals surface area (Å²) in [5.74, 6) is 1.46. The molecule has 0 unspecified atom stereocenters. The first-order valence-corrected chi connectivity index (χ1v) is 10.4. The average Bonchev–Trinajstić information content (AvgIpc) is 3.24. The number of imidazole rings is 2. The molecule has 3 heterocycles. The highest BCUT2D eigenvalue weighted by Gasteiger charge is 2.11. The van der Waals surface area contributed by atoms with Crippen LogP contribution in [0.1, 0.15) is 5.82 Å². The molecule has 0 saturated carbocycles. The van der Waals surface area contributed by atoms with Crippen LogP contribution in [-0.4, -0.2) is 39.2 Å². The lowest BCUT2D eigenvalue weighted by atomic mass is 10.1. The molecule has 0 aliphatic rings. The van der Waals surface area contributed by atoms with Crippen LogP contribution in [0.2, 0.25) is 0 Å². The van der Waals surface area contributed by atoms with Crippen LogP contribution < -0.4 is 10.0 Å². The number of hydrogen-bond donors (Lipinski definition) is 3. The van der Waals surface area contributed by atoms with Crippen LogP contribution >= 0.6 is 0 Å². The van der Waals surface area contributed by atoms with Gasteiger partial charge in [-0.3, -0.25) is 4.72 Å². The quantitative estimate of drug-likeness (QED) is 0.460. The number of nitrogens with zero attached hydrogens (tertiary/aromatic N) is 4. The Hall–Kier alpha value is -3.40. The Morgan fingerprint density at radius 3 is 2.68 bits per heavy atom. The zero-order valence-corrected chi connectivity index (χ0v) is 16.2. The summed E-state index contributed by atoms with van der Waals surface area (Å²) >= 11 is 0. The summed E-state index contributed by atoms with van der Waals surface area (Å²) in [6, 6.07) is 9.03. The normalized spacial score (nSPS) is 11.6. The first kappa shape index (κ1) is 18.0. The average molecular weight is 397 g/mol. The highest BCUT2D eigenvalue weighted by molar-refractivity contribution is 7.92. The summed E-state index contributed by atoms with van der Waals surface area (Å²) in [4.78, 5) is 16.2. The van der Waals surface area contributed by atoms with E-state index >= 15 is 0 Å². The fourth-order valence-corrected chi connectivity index (χ4v) is 3.41. The Kier molecular flexibility index (Phi) is 4.47. The summed E-state index contributed by atoms with van der Waals surface area (Å²) in [5.41, 5.74) is 3.31. The van der Waals surface area contributed by atoms with Crippen molar-refractivity contribution in [3.05, 3.63) is 54.7 Å².